The van der Waals surface area contributed by atoms with Gasteiger partial charge in [-0.05, 0) is 68.9 Å². The zero-order valence-corrected chi connectivity index (χ0v) is 24.3. The summed E-state index contributed by atoms with van der Waals surface area (Å²) >= 11 is 6.13. The van der Waals surface area contributed by atoms with Gasteiger partial charge >= 0.3 is 0 Å². The highest BCUT2D eigenvalue weighted by molar-refractivity contribution is 7.92. The molecule has 2 amide bonds. The van der Waals surface area contributed by atoms with Gasteiger partial charge in [-0.25, -0.2) is 8.42 Å². The molecule has 0 bridgehead atoms. The molecule has 9 heteroatoms. The average Bonchev–Trinajstić information content (AvgIpc) is 2.83. The first-order chi connectivity index (χ1) is 17.4. The summed E-state index contributed by atoms with van der Waals surface area (Å²) in [5, 5.41) is 3.45. The Morgan fingerprint density at radius 3 is 2.30 bits per heavy atom. The number of halogens is 1. The fourth-order valence-electron chi connectivity index (χ4n) is 4.17. The number of carbonyl (C=O) groups excluding carboxylic acids is 2. The molecule has 204 valence electrons. The van der Waals surface area contributed by atoms with Gasteiger partial charge < -0.3 is 10.2 Å². The first-order valence-corrected chi connectivity index (χ1v) is 15.0. The summed E-state index contributed by atoms with van der Waals surface area (Å²) in [7, 11) is -3.59. The van der Waals surface area contributed by atoms with E-state index < -0.39 is 16.1 Å². The highest BCUT2D eigenvalue weighted by atomic mass is 35.5. The number of nitrogens with one attached hydrogen (secondary N) is 1. The molecule has 2 aromatic rings. The Morgan fingerprint density at radius 2 is 1.70 bits per heavy atom. The fraction of sp³-hybridized carbons (Fsp3) is 0.500. The number of hydrogen-bond donors (Lipinski definition) is 1. The van der Waals surface area contributed by atoms with Gasteiger partial charge in [0.25, 0.3) is 0 Å². The van der Waals surface area contributed by atoms with Gasteiger partial charge in [-0.3, -0.25) is 13.9 Å². The van der Waals surface area contributed by atoms with Crippen LogP contribution in [-0.4, -0.2) is 50.0 Å². The Balaban J connectivity index is 2.27. The minimum absolute atomic E-state index is 0.00113. The van der Waals surface area contributed by atoms with Crippen LogP contribution in [0.3, 0.4) is 0 Å². The summed E-state index contributed by atoms with van der Waals surface area (Å²) in [6.45, 7) is 10.1. The molecule has 0 aliphatic rings. The highest BCUT2D eigenvalue weighted by Crippen LogP contribution is 2.27. The molecule has 1 N–H and O–H groups in total. The second-order valence-corrected chi connectivity index (χ2v) is 11.9. The van der Waals surface area contributed by atoms with E-state index in [-0.39, 0.29) is 30.8 Å². The number of sulfonamides is 1. The van der Waals surface area contributed by atoms with E-state index in [2.05, 4.69) is 5.32 Å². The van der Waals surface area contributed by atoms with Crippen LogP contribution in [0.15, 0.2) is 42.5 Å². The van der Waals surface area contributed by atoms with Gasteiger partial charge in [0, 0.05) is 30.6 Å². The molecule has 2 rings (SSSR count). The lowest BCUT2D eigenvalue weighted by molar-refractivity contribution is -0.141. The second-order valence-electron chi connectivity index (χ2n) is 9.56. The molecular formula is C28H40ClN3O4S. The molecule has 0 radical (unpaired) electrons. The Morgan fingerprint density at radius 1 is 1.03 bits per heavy atom. The SMILES string of the molecule is CC[C@@H](C)NC(=O)[C@H](CC)N(Cc1ccccc1C)C(=O)CCCN(c1cc(Cl)ccc1C)S(C)(=O)=O. The van der Waals surface area contributed by atoms with E-state index >= 15 is 0 Å². The molecule has 0 fully saturated rings. The molecule has 2 aromatic carbocycles. The van der Waals surface area contributed by atoms with Gasteiger partial charge in [0.2, 0.25) is 21.8 Å². The van der Waals surface area contributed by atoms with Crippen LogP contribution in [0, 0.1) is 13.8 Å². The van der Waals surface area contributed by atoms with Crippen molar-refractivity contribution in [1.29, 1.82) is 0 Å². The summed E-state index contributed by atoms with van der Waals surface area (Å²) in [4.78, 5) is 28.3. The maximum Gasteiger partial charge on any atom is 0.243 e. The van der Waals surface area contributed by atoms with Crippen molar-refractivity contribution in [1.82, 2.24) is 10.2 Å². The first-order valence-electron chi connectivity index (χ1n) is 12.8. The summed E-state index contributed by atoms with van der Waals surface area (Å²) in [6, 6.07) is 12.3. The van der Waals surface area contributed by atoms with Crippen molar-refractivity contribution >= 4 is 39.1 Å². The van der Waals surface area contributed by atoms with E-state index in [4.69, 9.17) is 11.6 Å². The molecule has 0 aromatic heterocycles. The van der Waals surface area contributed by atoms with Crippen molar-refractivity contribution in [2.75, 3.05) is 17.1 Å². The first kappa shape index (κ1) is 30.6. The van der Waals surface area contributed by atoms with Crippen LogP contribution in [0.4, 0.5) is 5.69 Å². The van der Waals surface area contributed by atoms with Crippen LogP contribution in [0.25, 0.3) is 0 Å². The van der Waals surface area contributed by atoms with Crippen LogP contribution in [0.5, 0.6) is 0 Å². The predicted octanol–water partition coefficient (Wildman–Crippen LogP) is 5.23. The maximum atomic E-state index is 13.6. The van der Waals surface area contributed by atoms with Crippen molar-refractivity contribution in [2.24, 2.45) is 0 Å². The van der Waals surface area contributed by atoms with Gasteiger partial charge in [-0.15, -0.1) is 0 Å². The van der Waals surface area contributed by atoms with E-state index in [1.807, 2.05) is 58.9 Å². The Bertz CT molecular complexity index is 1190. The number of rotatable bonds is 13. The molecule has 0 saturated heterocycles. The smallest absolute Gasteiger partial charge is 0.243 e. The summed E-state index contributed by atoms with van der Waals surface area (Å²) < 4.78 is 26.5. The number of nitrogens with zero attached hydrogens (tertiary/aromatic N) is 2. The van der Waals surface area contributed by atoms with E-state index in [0.29, 0.717) is 30.1 Å². The summed E-state index contributed by atoms with van der Waals surface area (Å²) in [6.07, 6.45) is 2.80. The van der Waals surface area contributed by atoms with Crippen molar-refractivity contribution in [3.05, 3.63) is 64.2 Å². The number of carbonyl (C=O) groups is 2. The molecule has 2 atom stereocenters. The number of amides is 2. The summed E-state index contributed by atoms with van der Waals surface area (Å²) in [5.41, 5.74) is 3.28. The average molecular weight is 550 g/mol. The fourth-order valence-corrected chi connectivity index (χ4v) is 5.35. The highest BCUT2D eigenvalue weighted by Gasteiger charge is 2.29. The van der Waals surface area contributed by atoms with Crippen LogP contribution in [0.1, 0.15) is 63.1 Å². The van der Waals surface area contributed by atoms with Gasteiger partial charge in [-0.1, -0.05) is 55.8 Å². The maximum absolute atomic E-state index is 13.6. The Hall–Kier alpha value is -2.58. The second kappa shape index (κ2) is 13.8. The topological polar surface area (TPSA) is 86.8 Å². The molecule has 0 spiro atoms. The van der Waals surface area contributed by atoms with Crippen LogP contribution in [0.2, 0.25) is 5.02 Å². The van der Waals surface area contributed by atoms with Crippen molar-refractivity contribution < 1.29 is 18.0 Å². The molecule has 0 saturated carbocycles. The van der Waals surface area contributed by atoms with E-state index in [9.17, 15) is 18.0 Å². The molecule has 0 heterocycles. The number of anilines is 1. The van der Waals surface area contributed by atoms with E-state index in [0.717, 1.165) is 29.4 Å². The third kappa shape index (κ3) is 8.75. The monoisotopic (exact) mass is 549 g/mol. The van der Waals surface area contributed by atoms with Gasteiger partial charge in [0.1, 0.15) is 6.04 Å². The molecular weight excluding hydrogens is 510 g/mol. The van der Waals surface area contributed by atoms with Crippen LogP contribution >= 0.6 is 11.6 Å². The third-order valence-electron chi connectivity index (χ3n) is 6.58. The quantitative estimate of drug-likeness (QED) is 0.371. The zero-order chi connectivity index (χ0) is 27.8. The molecule has 7 nitrogen and oxygen atoms in total. The van der Waals surface area contributed by atoms with Crippen molar-refractivity contribution in [2.45, 2.75) is 78.9 Å². The molecule has 0 aliphatic heterocycles. The molecule has 37 heavy (non-hydrogen) atoms. The zero-order valence-electron chi connectivity index (χ0n) is 22.8. The minimum Gasteiger partial charge on any atom is -0.352 e. The number of benzene rings is 2. The lowest BCUT2D eigenvalue weighted by Crippen LogP contribution is -2.50. The van der Waals surface area contributed by atoms with Gasteiger partial charge in [-0.2, -0.15) is 0 Å². The van der Waals surface area contributed by atoms with Gasteiger partial charge in [0.15, 0.2) is 0 Å². The van der Waals surface area contributed by atoms with E-state index in [1.165, 1.54) is 4.31 Å². The van der Waals surface area contributed by atoms with E-state index in [1.54, 1.807) is 23.1 Å². The lowest BCUT2D eigenvalue weighted by Gasteiger charge is -2.32. The predicted molar refractivity (Wildman–Crippen MR) is 151 cm³/mol. The summed E-state index contributed by atoms with van der Waals surface area (Å²) in [5.74, 6) is -0.364. The lowest BCUT2D eigenvalue weighted by atomic mass is 10.0. The largest absolute Gasteiger partial charge is 0.352 e. The van der Waals surface area contributed by atoms with Crippen LogP contribution < -0.4 is 9.62 Å². The normalized spacial score (nSPS) is 13.1. The standard InChI is InChI=1S/C28H40ClN3O4S/c1-7-22(5)30-28(34)25(8-2)31(19-23-13-10-9-12-20(23)3)27(33)14-11-17-32(37(6,35)36)26-18-24(29)16-15-21(26)4/h9-10,12-13,15-16,18,22,25H,7-8,11,14,17,19H2,1-6H3,(H,30,34)/t22-,25+/m1/s1. The molecule has 0 unspecified atom stereocenters. The third-order valence-corrected chi connectivity index (χ3v) is 8.00. The minimum atomic E-state index is -3.59. The van der Waals surface area contributed by atoms with Crippen LogP contribution in [-0.2, 0) is 26.2 Å². The van der Waals surface area contributed by atoms with Crippen molar-refractivity contribution in [3.8, 4) is 0 Å². The Labute approximate surface area is 227 Å². The number of aryl methyl sites for hydroxylation is 2. The number of hydrogen-bond acceptors (Lipinski definition) is 4. The molecule has 0 aliphatic carbocycles. The van der Waals surface area contributed by atoms with Crippen molar-refractivity contribution in [3.63, 3.8) is 0 Å². The van der Waals surface area contributed by atoms with Gasteiger partial charge in [0.05, 0.1) is 11.9 Å². The Kier molecular flexibility index (Phi) is 11.4.